The number of phenolic OH excluding ortho intramolecular Hbond substituents is 1. The molecule has 0 aliphatic heterocycles. The molecule has 0 bridgehead atoms. The van der Waals surface area contributed by atoms with Gasteiger partial charge in [-0.2, -0.15) is 0 Å². The van der Waals surface area contributed by atoms with Gasteiger partial charge in [0.2, 0.25) is 0 Å². The maximum absolute atomic E-state index is 11.5. The Morgan fingerprint density at radius 3 is 2.50 bits per heavy atom. The normalized spacial score (nSPS) is 12.1. The van der Waals surface area contributed by atoms with Crippen LogP contribution in [-0.4, -0.2) is 29.9 Å². The lowest BCUT2D eigenvalue weighted by Crippen LogP contribution is -2.17. The highest BCUT2D eigenvalue weighted by Gasteiger charge is 2.24. The molecule has 18 heavy (non-hydrogen) atoms. The Labute approximate surface area is 106 Å². The number of aliphatic hydroxyl groups excluding tert-OH is 1. The second-order valence-electron chi connectivity index (χ2n) is 3.92. The van der Waals surface area contributed by atoms with E-state index in [2.05, 4.69) is 0 Å². The summed E-state index contributed by atoms with van der Waals surface area (Å²) in [5.74, 6) is -0.487. The first kappa shape index (κ1) is 14.3. The van der Waals surface area contributed by atoms with E-state index in [0.717, 1.165) is 0 Å². The van der Waals surface area contributed by atoms with E-state index in [1.54, 1.807) is 20.8 Å². The Bertz CT molecular complexity index is 453. The monoisotopic (exact) mass is 254 g/mol. The van der Waals surface area contributed by atoms with Crippen molar-refractivity contribution >= 4 is 5.97 Å². The summed E-state index contributed by atoms with van der Waals surface area (Å²) in [6.07, 6.45) is -1.38. The molecule has 0 aliphatic carbocycles. The van der Waals surface area contributed by atoms with Gasteiger partial charge in [-0.1, -0.05) is 0 Å². The van der Waals surface area contributed by atoms with E-state index in [0.29, 0.717) is 16.7 Å². The van der Waals surface area contributed by atoms with Gasteiger partial charge in [0.15, 0.2) is 17.6 Å². The van der Waals surface area contributed by atoms with Crippen molar-refractivity contribution < 1.29 is 24.5 Å². The van der Waals surface area contributed by atoms with Gasteiger partial charge in [0.1, 0.15) is 0 Å². The van der Waals surface area contributed by atoms with Gasteiger partial charge in [-0.05, 0) is 43.5 Å². The minimum Gasteiger partial charge on any atom is -0.504 e. The van der Waals surface area contributed by atoms with E-state index >= 15 is 0 Å². The fourth-order valence-corrected chi connectivity index (χ4v) is 1.68. The third-order valence-corrected chi connectivity index (χ3v) is 2.90. The highest BCUT2D eigenvalue weighted by atomic mass is 16.5. The smallest absolute Gasteiger partial charge is 0.339 e. The standard InChI is InChI=1S/C13H18O5/c1-5-18-13(16)12(15)9-6-10(17-4)11(14)8(3)7(9)2/h6,12,14-15H,5H2,1-4H3. The number of phenols is 1. The van der Waals surface area contributed by atoms with Gasteiger partial charge in [-0.3, -0.25) is 0 Å². The highest BCUT2D eigenvalue weighted by Crippen LogP contribution is 2.36. The van der Waals surface area contributed by atoms with Crippen LogP contribution in [0.15, 0.2) is 6.07 Å². The molecule has 1 atom stereocenters. The van der Waals surface area contributed by atoms with Crippen molar-refractivity contribution in [2.24, 2.45) is 0 Å². The first-order valence-corrected chi connectivity index (χ1v) is 5.65. The van der Waals surface area contributed by atoms with Crippen molar-refractivity contribution in [2.45, 2.75) is 26.9 Å². The lowest BCUT2D eigenvalue weighted by molar-refractivity contribution is -0.153. The minimum atomic E-state index is -1.38. The number of methoxy groups -OCH3 is 1. The van der Waals surface area contributed by atoms with Crippen LogP contribution >= 0.6 is 0 Å². The predicted molar refractivity (Wildman–Crippen MR) is 65.7 cm³/mol. The molecule has 0 radical (unpaired) electrons. The molecule has 1 aromatic carbocycles. The van der Waals surface area contributed by atoms with Crippen molar-refractivity contribution in [2.75, 3.05) is 13.7 Å². The number of esters is 1. The molecule has 0 amide bonds. The molecular weight excluding hydrogens is 236 g/mol. The summed E-state index contributed by atoms with van der Waals surface area (Å²) in [5.41, 5.74) is 1.57. The molecule has 0 fully saturated rings. The SMILES string of the molecule is CCOC(=O)C(O)c1cc(OC)c(O)c(C)c1C. The summed E-state index contributed by atoms with van der Waals surface area (Å²) in [5, 5.41) is 19.7. The Balaban J connectivity index is 3.24. The van der Waals surface area contributed by atoms with E-state index in [9.17, 15) is 15.0 Å². The van der Waals surface area contributed by atoms with Crippen molar-refractivity contribution in [3.63, 3.8) is 0 Å². The Morgan fingerprint density at radius 2 is 2.00 bits per heavy atom. The van der Waals surface area contributed by atoms with Gasteiger partial charge in [-0.15, -0.1) is 0 Å². The number of rotatable bonds is 4. The second-order valence-corrected chi connectivity index (χ2v) is 3.92. The number of benzene rings is 1. The van der Waals surface area contributed by atoms with Gasteiger partial charge in [0.25, 0.3) is 0 Å². The molecule has 1 unspecified atom stereocenters. The number of aliphatic hydroxyl groups is 1. The number of aromatic hydroxyl groups is 1. The fourth-order valence-electron chi connectivity index (χ4n) is 1.68. The van der Waals surface area contributed by atoms with E-state index in [1.807, 2.05) is 0 Å². The van der Waals surface area contributed by atoms with E-state index in [1.165, 1.54) is 13.2 Å². The van der Waals surface area contributed by atoms with Crippen LogP contribution in [-0.2, 0) is 9.53 Å². The molecule has 5 nitrogen and oxygen atoms in total. The average molecular weight is 254 g/mol. The number of carbonyl (C=O) groups is 1. The van der Waals surface area contributed by atoms with Crippen molar-refractivity contribution in [3.8, 4) is 11.5 Å². The molecule has 0 aliphatic rings. The second kappa shape index (κ2) is 5.73. The van der Waals surface area contributed by atoms with Crippen LogP contribution in [0.4, 0.5) is 0 Å². The van der Waals surface area contributed by atoms with Crippen LogP contribution in [0.3, 0.4) is 0 Å². The predicted octanol–water partition coefficient (Wildman–Crippen LogP) is 1.61. The van der Waals surface area contributed by atoms with Gasteiger partial charge in [0, 0.05) is 0 Å². The summed E-state index contributed by atoms with van der Waals surface area (Å²) < 4.78 is 9.76. The largest absolute Gasteiger partial charge is 0.504 e. The third-order valence-electron chi connectivity index (χ3n) is 2.90. The maximum Gasteiger partial charge on any atom is 0.339 e. The summed E-state index contributed by atoms with van der Waals surface area (Å²) in [4.78, 5) is 11.5. The van der Waals surface area contributed by atoms with Gasteiger partial charge >= 0.3 is 5.97 Å². The number of hydrogen-bond acceptors (Lipinski definition) is 5. The van der Waals surface area contributed by atoms with Crippen LogP contribution in [0.5, 0.6) is 11.5 Å². The van der Waals surface area contributed by atoms with Crippen molar-refractivity contribution in [3.05, 3.63) is 22.8 Å². The summed E-state index contributed by atoms with van der Waals surface area (Å²) >= 11 is 0. The molecule has 0 saturated carbocycles. The van der Waals surface area contributed by atoms with Crippen LogP contribution in [0, 0.1) is 13.8 Å². The summed E-state index contributed by atoms with van der Waals surface area (Å²) in [6.45, 7) is 5.27. The zero-order valence-corrected chi connectivity index (χ0v) is 11.0. The van der Waals surface area contributed by atoms with Crippen LogP contribution in [0.2, 0.25) is 0 Å². The highest BCUT2D eigenvalue weighted by molar-refractivity contribution is 5.77. The van der Waals surface area contributed by atoms with Crippen molar-refractivity contribution in [1.29, 1.82) is 0 Å². The Kier molecular flexibility index (Phi) is 4.55. The molecule has 1 rings (SSSR count). The Morgan fingerprint density at radius 1 is 1.39 bits per heavy atom. The average Bonchev–Trinajstić information content (AvgIpc) is 2.36. The molecule has 100 valence electrons. The zero-order valence-electron chi connectivity index (χ0n) is 11.0. The molecule has 1 aromatic rings. The topological polar surface area (TPSA) is 76.0 Å². The van der Waals surface area contributed by atoms with Crippen LogP contribution in [0.25, 0.3) is 0 Å². The van der Waals surface area contributed by atoms with Gasteiger partial charge in [-0.25, -0.2) is 4.79 Å². The quantitative estimate of drug-likeness (QED) is 0.798. The maximum atomic E-state index is 11.5. The van der Waals surface area contributed by atoms with Gasteiger partial charge < -0.3 is 19.7 Å². The van der Waals surface area contributed by atoms with E-state index in [4.69, 9.17) is 9.47 Å². The minimum absolute atomic E-state index is 0.00908. The third kappa shape index (κ3) is 2.56. The summed E-state index contributed by atoms with van der Waals surface area (Å²) in [7, 11) is 1.41. The molecular formula is C13H18O5. The van der Waals surface area contributed by atoms with E-state index in [-0.39, 0.29) is 18.1 Å². The van der Waals surface area contributed by atoms with Crippen LogP contribution in [0.1, 0.15) is 29.7 Å². The fraction of sp³-hybridized carbons (Fsp3) is 0.462. The number of hydrogen-bond donors (Lipinski definition) is 2. The molecule has 2 N–H and O–H groups in total. The molecule has 0 heterocycles. The first-order valence-electron chi connectivity index (χ1n) is 5.65. The summed E-state index contributed by atoms with van der Waals surface area (Å²) in [6, 6.07) is 1.44. The van der Waals surface area contributed by atoms with Gasteiger partial charge in [0.05, 0.1) is 13.7 Å². The van der Waals surface area contributed by atoms with Crippen LogP contribution < -0.4 is 4.74 Å². The molecule has 5 heteroatoms. The molecule has 0 saturated heterocycles. The number of ether oxygens (including phenoxy) is 2. The molecule has 0 aromatic heterocycles. The van der Waals surface area contributed by atoms with E-state index < -0.39 is 12.1 Å². The molecule has 0 spiro atoms. The lowest BCUT2D eigenvalue weighted by Gasteiger charge is -2.17. The first-order chi connectivity index (χ1) is 8.43. The number of carbonyl (C=O) groups excluding carboxylic acids is 1. The lowest BCUT2D eigenvalue weighted by atomic mass is 9.97. The Hall–Kier alpha value is -1.75. The van der Waals surface area contributed by atoms with Crippen molar-refractivity contribution in [1.82, 2.24) is 0 Å². The zero-order chi connectivity index (χ0) is 13.9.